The minimum Gasteiger partial charge on any atom is -0.542 e. The summed E-state index contributed by atoms with van der Waals surface area (Å²) in [7, 11) is -0.154. The summed E-state index contributed by atoms with van der Waals surface area (Å²) in [5.74, 6) is -1.14. The molecule has 3 aromatic carbocycles. The van der Waals surface area contributed by atoms with E-state index in [4.69, 9.17) is 19.4 Å². The molecule has 3 rings (SSSR count). The molecule has 0 heterocycles. The zero-order valence-electron chi connectivity index (χ0n) is 19.0. The first-order chi connectivity index (χ1) is 16.3. The van der Waals surface area contributed by atoms with Gasteiger partial charge in [0, 0.05) is 0 Å². The monoisotopic (exact) mass is 492 g/mol. The number of hydrogen-bond acceptors (Lipinski definition) is 4. The maximum atomic E-state index is 10.5. The maximum Gasteiger partial charge on any atom is 0.430 e. The Bertz CT molecular complexity index is 940. The van der Waals surface area contributed by atoms with Gasteiger partial charge in [0.2, 0.25) is 0 Å². The van der Waals surface area contributed by atoms with Crippen molar-refractivity contribution >= 4 is 16.9 Å². The van der Waals surface area contributed by atoms with Crippen LogP contribution in [0.4, 0.5) is 13.2 Å². The first-order valence-electron chi connectivity index (χ1n) is 10.8. The zero-order chi connectivity index (χ0) is 25.0. The maximum absolute atomic E-state index is 10.5. The quantitative estimate of drug-likeness (QED) is 0.362. The number of alkyl halides is 3. The molecule has 0 N–H and O–H groups in total. The van der Waals surface area contributed by atoms with E-state index in [1.165, 1.54) is 14.7 Å². The van der Waals surface area contributed by atoms with Crippen molar-refractivity contribution in [2.45, 2.75) is 47.6 Å². The molecular formula is C26H27F3O4S. The van der Waals surface area contributed by atoms with Crippen LogP contribution in [0.2, 0.25) is 0 Å². The fourth-order valence-electron chi connectivity index (χ4n) is 2.75. The topological polar surface area (TPSA) is 58.6 Å². The molecule has 34 heavy (non-hydrogen) atoms. The van der Waals surface area contributed by atoms with Gasteiger partial charge in [0.25, 0.3) is 0 Å². The number of hydrogen-bond donors (Lipinski definition) is 0. The molecule has 0 atom stereocenters. The van der Waals surface area contributed by atoms with Crippen molar-refractivity contribution < 1.29 is 32.5 Å². The number of ether oxygens (including phenoxy) is 2. The number of benzene rings is 3. The predicted octanol–water partition coefficient (Wildman–Crippen LogP) is 5.66. The van der Waals surface area contributed by atoms with E-state index in [1.54, 1.807) is 0 Å². The Morgan fingerprint density at radius 3 is 1.41 bits per heavy atom. The van der Waals surface area contributed by atoms with E-state index in [1.807, 2.05) is 0 Å². The number of carboxylic acids is 1. The molecule has 8 heteroatoms. The van der Waals surface area contributed by atoms with Gasteiger partial charge < -0.3 is 19.4 Å². The third-order valence-corrected chi connectivity index (χ3v) is 6.51. The Balaban J connectivity index is 0.000000509. The highest BCUT2D eigenvalue weighted by molar-refractivity contribution is 7.97. The second-order valence-corrected chi connectivity index (χ2v) is 9.07. The summed E-state index contributed by atoms with van der Waals surface area (Å²) < 4.78 is 43.0. The number of carbonyl (C=O) groups is 1. The van der Waals surface area contributed by atoms with Crippen LogP contribution >= 0.6 is 0 Å². The van der Waals surface area contributed by atoms with E-state index in [0.717, 1.165) is 37.6 Å². The highest BCUT2D eigenvalue weighted by Gasteiger charge is 2.29. The highest BCUT2D eigenvalue weighted by Crippen LogP contribution is 2.33. The molecule has 182 valence electrons. The summed E-state index contributed by atoms with van der Waals surface area (Å²) in [6, 6.07) is 27.7. The molecular weight excluding hydrogens is 465 g/mol. The minimum absolute atomic E-state index is 0.154. The molecule has 4 nitrogen and oxygen atoms in total. The van der Waals surface area contributed by atoms with Crippen LogP contribution in [-0.4, -0.2) is 25.4 Å². The van der Waals surface area contributed by atoms with Crippen molar-refractivity contribution in [1.29, 1.82) is 0 Å². The Morgan fingerprint density at radius 1 is 0.735 bits per heavy atom. The second kappa shape index (κ2) is 13.5. The largest absolute Gasteiger partial charge is 0.542 e. The molecule has 0 unspecified atom stereocenters. The second-order valence-electron chi connectivity index (χ2n) is 7.04. The van der Waals surface area contributed by atoms with Crippen molar-refractivity contribution in [1.82, 2.24) is 0 Å². The predicted molar refractivity (Wildman–Crippen MR) is 124 cm³/mol. The van der Waals surface area contributed by atoms with Gasteiger partial charge in [0.1, 0.15) is 17.5 Å². The van der Waals surface area contributed by atoms with Gasteiger partial charge in [-0.2, -0.15) is 13.2 Å². The van der Waals surface area contributed by atoms with Crippen molar-refractivity contribution in [2.24, 2.45) is 0 Å². The number of carbonyl (C=O) groups excluding carboxylic acids is 1. The highest BCUT2D eigenvalue weighted by atomic mass is 32.2. The Labute approximate surface area is 200 Å². The van der Waals surface area contributed by atoms with E-state index in [2.05, 4.69) is 92.7 Å². The number of aliphatic carboxylic acids is 1. The molecule has 0 spiro atoms. The molecule has 0 aromatic heterocycles. The molecule has 0 aliphatic carbocycles. The lowest BCUT2D eigenvalue weighted by atomic mass is 10.3. The average Bonchev–Trinajstić information content (AvgIpc) is 2.84. The molecule has 0 amide bonds. The van der Waals surface area contributed by atoms with Crippen LogP contribution in [0, 0.1) is 0 Å². The van der Waals surface area contributed by atoms with Crippen LogP contribution in [-0.2, 0) is 15.7 Å². The Morgan fingerprint density at radius 2 is 1.09 bits per heavy atom. The van der Waals surface area contributed by atoms with Crippen LogP contribution in [0.25, 0.3) is 0 Å². The normalized spacial score (nSPS) is 10.9. The van der Waals surface area contributed by atoms with Crippen molar-refractivity contribution in [3.8, 4) is 11.5 Å². The van der Waals surface area contributed by atoms with E-state index in [9.17, 15) is 13.2 Å². The van der Waals surface area contributed by atoms with Crippen molar-refractivity contribution in [3.63, 3.8) is 0 Å². The number of carboxylic acid groups (broad SMARTS) is 1. The Kier molecular flexibility index (Phi) is 10.8. The summed E-state index contributed by atoms with van der Waals surface area (Å²) in [6.45, 7) is 5.75. The van der Waals surface area contributed by atoms with Gasteiger partial charge in [0.15, 0.2) is 14.7 Å². The number of rotatable bonds is 9. The Hall–Kier alpha value is -3.13. The summed E-state index contributed by atoms with van der Waals surface area (Å²) >= 11 is 0. The lowest BCUT2D eigenvalue weighted by Gasteiger charge is -2.10. The lowest BCUT2D eigenvalue weighted by Crippen LogP contribution is -2.37. The van der Waals surface area contributed by atoms with Crippen LogP contribution in [0.15, 0.2) is 93.5 Å². The summed E-state index contributed by atoms with van der Waals surface area (Å²) in [4.78, 5) is 12.7. The smallest absolute Gasteiger partial charge is 0.430 e. The first-order valence-corrected chi connectivity index (χ1v) is 12.0. The van der Waals surface area contributed by atoms with E-state index >= 15 is 0 Å². The van der Waals surface area contributed by atoms with E-state index in [0.29, 0.717) is 0 Å². The SMILES string of the molecule is CCCOc1ccc([S+](c2ccccc2)c2ccc(OCCC)cc2)cc1.O=C([O-])C(F)(F)F. The minimum atomic E-state index is -5.19. The zero-order valence-corrected chi connectivity index (χ0v) is 19.8. The summed E-state index contributed by atoms with van der Waals surface area (Å²) in [6.07, 6.45) is -3.16. The lowest BCUT2D eigenvalue weighted by molar-refractivity contribution is -0.344. The van der Waals surface area contributed by atoms with Gasteiger partial charge in [0.05, 0.1) is 24.1 Å². The average molecular weight is 493 g/mol. The van der Waals surface area contributed by atoms with Gasteiger partial charge in [-0.15, -0.1) is 0 Å². The van der Waals surface area contributed by atoms with Gasteiger partial charge >= 0.3 is 6.18 Å². The van der Waals surface area contributed by atoms with Crippen LogP contribution in [0.1, 0.15) is 26.7 Å². The number of halogens is 3. The van der Waals surface area contributed by atoms with E-state index in [-0.39, 0.29) is 10.9 Å². The molecule has 3 aromatic rings. The fraction of sp³-hybridized carbons (Fsp3) is 0.269. The standard InChI is InChI=1S/C24H27O2S.C2HF3O2/c1-3-18-25-20-10-14-23(15-11-20)27(22-8-6-5-7-9-22)24-16-12-21(13-17-24)26-19-4-2;3-2(4,5)1(6)7/h5-17H,3-4,18-19H2,1-2H3;(H,6,7)/q+1;/p-1. The molecule has 0 aliphatic heterocycles. The van der Waals surface area contributed by atoms with Crippen molar-refractivity contribution in [3.05, 3.63) is 78.9 Å². The summed E-state index contributed by atoms with van der Waals surface area (Å²) in [5.41, 5.74) is 0. The molecule has 0 bridgehead atoms. The molecule has 0 fully saturated rings. The molecule has 0 radical (unpaired) electrons. The fourth-order valence-corrected chi connectivity index (χ4v) is 4.81. The third kappa shape index (κ3) is 8.67. The van der Waals surface area contributed by atoms with Crippen LogP contribution in [0.5, 0.6) is 11.5 Å². The van der Waals surface area contributed by atoms with Gasteiger partial charge in [-0.1, -0.05) is 32.0 Å². The van der Waals surface area contributed by atoms with E-state index < -0.39 is 12.1 Å². The third-order valence-electron chi connectivity index (χ3n) is 4.27. The van der Waals surface area contributed by atoms with Crippen LogP contribution < -0.4 is 14.6 Å². The summed E-state index contributed by atoms with van der Waals surface area (Å²) in [5, 5.41) is 8.78. The van der Waals surface area contributed by atoms with Gasteiger partial charge in [-0.05, 0) is 73.5 Å². The van der Waals surface area contributed by atoms with Crippen molar-refractivity contribution in [2.75, 3.05) is 13.2 Å². The van der Waals surface area contributed by atoms with Gasteiger partial charge in [-0.3, -0.25) is 0 Å². The molecule has 0 saturated carbocycles. The molecule has 0 aliphatic rings. The first kappa shape index (κ1) is 27.1. The van der Waals surface area contributed by atoms with Crippen LogP contribution in [0.3, 0.4) is 0 Å². The van der Waals surface area contributed by atoms with Gasteiger partial charge in [-0.25, -0.2) is 0 Å². The molecule has 0 saturated heterocycles.